The summed E-state index contributed by atoms with van der Waals surface area (Å²) in [7, 11) is 1.66. The van der Waals surface area contributed by atoms with E-state index >= 15 is 0 Å². The fourth-order valence-electron chi connectivity index (χ4n) is 2.14. The van der Waals surface area contributed by atoms with Gasteiger partial charge in [-0.15, -0.1) is 11.3 Å². The summed E-state index contributed by atoms with van der Waals surface area (Å²) in [4.78, 5) is 5.41. The summed E-state index contributed by atoms with van der Waals surface area (Å²) in [6, 6.07) is 6.37. The van der Waals surface area contributed by atoms with Gasteiger partial charge in [0.25, 0.3) is 0 Å². The van der Waals surface area contributed by atoms with Gasteiger partial charge in [0.2, 0.25) is 5.88 Å². The third-order valence-electron chi connectivity index (χ3n) is 3.15. The van der Waals surface area contributed by atoms with Crippen LogP contribution in [0.3, 0.4) is 0 Å². The van der Waals surface area contributed by atoms with Crippen LogP contribution in [-0.2, 0) is 6.54 Å². The summed E-state index contributed by atoms with van der Waals surface area (Å²) >= 11 is 3.93. The Hall–Kier alpha value is -1.28. The van der Waals surface area contributed by atoms with E-state index in [-0.39, 0.29) is 0 Å². The van der Waals surface area contributed by atoms with Crippen molar-refractivity contribution in [3.05, 3.63) is 44.6 Å². The van der Waals surface area contributed by atoms with Crippen LogP contribution in [0, 0.1) is 10.5 Å². The van der Waals surface area contributed by atoms with Crippen LogP contribution < -0.4 is 10.1 Å². The number of nitrogens with zero attached hydrogens (tertiary/aromatic N) is 2. The third kappa shape index (κ3) is 2.49. The molecule has 0 spiro atoms. The molecule has 6 heteroatoms. The molecule has 0 fully saturated rings. The maximum atomic E-state index is 5.36. The highest BCUT2D eigenvalue weighted by Crippen LogP contribution is 2.25. The Labute approximate surface area is 134 Å². The molecule has 20 heavy (non-hydrogen) atoms. The van der Waals surface area contributed by atoms with Crippen molar-refractivity contribution >= 4 is 44.6 Å². The van der Waals surface area contributed by atoms with Gasteiger partial charge in [-0.2, -0.15) is 4.98 Å². The van der Waals surface area contributed by atoms with E-state index in [9.17, 15) is 0 Å². The van der Waals surface area contributed by atoms with Crippen LogP contribution in [0.4, 0.5) is 5.69 Å². The molecule has 0 amide bonds. The molecule has 1 N–H and O–H groups in total. The number of aryl methyl sites for hydroxylation is 1. The van der Waals surface area contributed by atoms with Gasteiger partial charge in [0, 0.05) is 20.8 Å². The SMILES string of the molecule is COc1nc2sccn2c1CNc1ccc(I)cc1C. The predicted octanol–water partition coefficient (Wildman–Crippen LogP) is 3.93. The second-order valence-corrected chi connectivity index (χ2v) is 6.55. The van der Waals surface area contributed by atoms with Gasteiger partial charge in [-0.3, -0.25) is 4.40 Å². The normalized spacial score (nSPS) is 10.9. The molecule has 3 aromatic rings. The minimum Gasteiger partial charge on any atom is -0.480 e. The number of halogens is 1. The minimum absolute atomic E-state index is 0.683. The molecule has 0 bridgehead atoms. The van der Waals surface area contributed by atoms with E-state index < -0.39 is 0 Å². The molecule has 0 saturated heterocycles. The van der Waals surface area contributed by atoms with Crippen LogP contribution in [0.2, 0.25) is 0 Å². The number of benzene rings is 1. The molecular weight excluding hydrogens is 385 g/mol. The molecule has 2 aromatic heterocycles. The maximum Gasteiger partial charge on any atom is 0.238 e. The molecule has 4 nitrogen and oxygen atoms in total. The molecule has 3 rings (SSSR count). The fourth-order valence-corrected chi connectivity index (χ4v) is 3.51. The first-order valence-corrected chi connectivity index (χ1v) is 8.13. The number of imidazole rings is 1. The number of hydrogen-bond acceptors (Lipinski definition) is 4. The van der Waals surface area contributed by atoms with Gasteiger partial charge >= 0.3 is 0 Å². The summed E-state index contributed by atoms with van der Waals surface area (Å²) < 4.78 is 8.67. The first-order valence-electron chi connectivity index (χ1n) is 6.17. The standard InChI is InChI=1S/C14H14IN3OS/c1-9-7-10(15)3-4-11(9)16-8-12-13(19-2)17-14-18(12)5-6-20-14/h3-7,16H,8H2,1-2H3. The zero-order valence-corrected chi connectivity index (χ0v) is 14.2. The largest absolute Gasteiger partial charge is 0.480 e. The first kappa shape index (κ1) is 13.7. The Kier molecular flexibility index (Phi) is 3.84. The topological polar surface area (TPSA) is 38.6 Å². The average Bonchev–Trinajstić information content (AvgIpc) is 2.98. The van der Waals surface area contributed by atoms with E-state index in [2.05, 4.69) is 62.4 Å². The van der Waals surface area contributed by atoms with Crippen molar-refractivity contribution in [2.45, 2.75) is 13.5 Å². The summed E-state index contributed by atoms with van der Waals surface area (Å²) in [5.41, 5.74) is 3.42. The molecular formula is C14H14IN3OS. The number of thiazole rings is 1. The smallest absolute Gasteiger partial charge is 0.238 e. The Bertz CT molecular complexity index is 750. The van der Waals surface area contributed by atoms with E-state index in [1.165, 1.54) is 9.13 Å². The van der Waals surface area contributed by atoms with Gasteiger partial charge in [0.1, 0.15) is 5.69 Å². The van der Waals surface area contributed by atoms with Crippen LogP contribution in [0.1, 0.15) is 11.3 Å². The number of rotatable bonds is 4. The number of hydrogen-bond donors (Lipinski definition) is 1. The number of aromatic nitrogens is 2. The second-order valence-electron chi connectivity index (χ2n) is 4.44. The van der Waals surface area contributed by atoms with Gasteiger partial charge in [-0.1, -0.05) is 0 Å². The van der Waals surface area contributed by atoms with Crippen molar-refractivity contribution in [2.24, 2.45) is 0 Å². The van der Waals surface area contributed by atoms with Crippen molar-refractivity contribution in [3.8, 4) is 5.88 Å². The van der Waals surface area contributed by atoms with Crippen molar-refractivity contribution in [3.63, 3.8) is 0 Å². The van der Waals surface area contributed by atoms with Crippen molar-refractivity contribution in [1.82, 2.24) is 9.38 Å². The van der Waals surface area contributed by atoms with Gasteiger partial charge in [0.15, 0.2) is 4.96 Å². The van der Waals surface area contributed by atoms with E-state index in [4.69, 9.17) is 4.74 Å². The Balaban J connectivity index is 1.87. The van der Waals surface area contributed by atoms with Gasteiger partial charge in [-0.05, 0) is 53.3 Å². The summed E-state index contributed by atoms with van der Waals surface area (Å²) in [5.74, 6) is 0.688. The molecule has 0 atom stereocenters. The maximum absolute atomic E-state index is 5.36. The zero-order valence-electron chi connectivity index (χ0n) is 11.2. The second kappa shape index (κ2) is 5.61. The average molecular weight is 399 g/mol. The first-order chi connectivity index (χ1) is 9.69. The Morgan fingerprint density at radius 1 is 1.45 bits per heavy atom. The molecule has 104 valence electrons. The van der Waals surface area contributed by atoms with E-state index in [1.807, 2.05) is 11.6 Å². The quantitative estimate of drug-likeness (QED) is 0.676. The highest BCUT2D eigenvalue weighted by atomic mass is 127. The molecule has 0 radical (unpaired) electrons. The number of nitrogens with one attached hydrogen (secondary N) is 1. The zero-order chi connectivity index (χ0) is 14.1. The lowest BCUT2D eigenvalue weighted by Crippen LogP contribution is -2.05. The van der Waals surface area contributed by atoms with Crippen LogP contribution in [0.15, 0.2) is 29.8 Å². The molecule has 0 aliphatic heterocycles. The van der Waals surface area contributed by atoms with E-state index in [0.717, 1.165) is 16.3 Å². The Morgan fingerprint density at radius 3 is 3.05 bits per heavy atom. The van der Waals surface area contributed by atoms with Crippen molar-refractivity contribution < 1.29 is 4.74 Å². The highest BCUT2D eigenvalue weighted by Gasteiger charge is 2.13. The summed E-state index contributed by atoms with van der Waals surface area (Å²) in [6.45, 7) is 2.79. The number of anilines is 1. The monoisotopic (exact) mass is 399 g/mol. The lowest BCUT2D eigenvalue weighted by Gasteiger charge is -2.10. The van der Waals surface area contributed by atoms with E-state index in [1.54, 1.807) is 18.4 Å². The molecule has 0 unspecified atom stereocenters. The fraction of sp³-hybridized carbons (Fsp3) is 0.214. The third-order valence-corrected chi connectivity index (χ3v) is 4.58. The van der Waals surface area contributed by atoms with Crippen LogP contribution in [0.25, 0.3) is 4.96 Å². The van der Waals surface area contributed by atoms with Crippen LogP contribution >= 0.6 is 33.9 Å². The Morgan fingerprint density at radius 2 is 2.30 bits per heavy atom. The predicted molar refractivity (Wildman–Crippen MR) is 90.8 cm³/mol. The number of fused-ring (bicyclic) bond motifs is 1. The van der Waals surface area contributed by atoms with Gasteiger partial charge in [-0.25, -0.2) is 0 Å². The van der Waals surface area contributed by atoms with Crippen LogP contribution in [-0.4, -0.2) is 16.5 Å². The molecule has 0 aliphatic carbocycles. The molecule has 2 heterocycles. The highest BCUT2D eigenvalue weighted by molar-refractivity contribution is 14.1. The van der Waals surface area contributed by atoms with Crippen molar-refractivity contribution in [2.75, 3.05) is 12.4 Å². The lowest BCUT2D eigenvalue weighted by atomic mass is 10.2. The van der Waals surface area contributed by atoms with E-state index in [0.29, 0.717) is 12.4 Å². The van der Waals surface area contributed by atoms with Crippen LogP contribution in [0.5, 0.6) is 5.88 Å². The lowest BCUT2D eigenvalue weighted by molar-refractivity contribution is 0.395. The summed E-state index contributed by atoms with van der Waals surface area (Å²) in [6.07, 6.45) is 2.02. The minimum atomic E-state index is 0.683. The molecule has 0 aliphatic rings. The van der Waals surface area contributed by atoms with Gasteiger partial charge in [0.05, 0.1) is 13.7 Å². The molecule has 0 saturated carbocycles. The number of methoxy groups -OCH3 is 1. The van der Waals surface area contributed by atoms with Crippen molar-refractivity contribution in [1.29, 1.82) is 0 Å². The number of ether oxygens (including phenoxy) is 1. The van der Waals surface area contributed by atoms with Gasteiger partial charge < -0.3 is 10.1 Å². The summed E-state index contributed by atoms with van der Waals surface area (Å²) in [5, 5.41) is 5.49. The molecule has 1 aromatic carbocycles.